The van der Waals surface area contributed by atoms with Crippen LogP contribution in [0.5, 0.6) is 0 Å². The second kappa shape index (κ2) is 9.16. The van der Waals surface area contributed by atoms with Gasteiger partial charge in [0.05, 0.1) is 5.69 Å². The molecule has 1 saturated heterocycles. The molecule has 1 aliphatic rings. The maximum atomic E-state index is 13.5. The fraction of sp³-hybridized carbons (Fsp3) is 0.421. The largest absolute Gasteiger partial charge is 0.356 e. The van der Waals surface area contributed by atoms with Gasteiger partial charge in [-0.15, -0.1) is 0 Å². The van der Waals surface area contributed by atoms with Gasteiger partial charge in [-0.3, -0.25) is 0 Å². The second-order valence-corrected chi connectivity index (χ2v) is 6.53. The normalized spacial score (nSPS) is 13.9. The minimum Gasteiger partial charge on any atom is -0.356 e. The van der Waals surface area contributed by atoms with E-state index in [1.807, 2.05) is 13.0 Å². The maximum absolute atomic E-state index is 13.5. The number of amides is 2. The summed E-state index contributed by atoms with van der Waals surface area (Å²) in [6.07, 6.45) is 3.64. The number of anilines is 3. The van der Waals surface area contributed by atoms with Gasteiger partial charge in [0.1, 0.15) is 11.6 Å². The average molecular weight is 372 g/mol. The smallest absolute Gasteiger partial charge is 0.319 e. The Morgan fingerprint density at radius 1 is 1.15 bits per heavy atom. The Kier molecular flexibility index (Phi) is 6.40. The number of para-hydroxylation sites is 1. The second-order valence-electron chi connectivity index (χ2n) is 6.53. The fourth-order valence-electron chi connectivity index (χ4n) is 3.00. The van der Waals surface area contributed by atoms with Gasteiger partial charge in [-0.25, -0.2) is 14.2 Å². The number of benzene rings is 1. The van der Waals surface area contributed by atoms with E-state index < -0.39 is 11.8 Å². The molecule has 2 aromatic rings. The van der Waals surface area contributed by atoms with Gasteiger partial charge in [0.25, 0.3) is 0 Å². The van der Waals surface area contributed by atoms with Crippen LogP contribution < -0.4 is 20.9 Å². The average Bonchev–Trinajstić information content (AvgIpc) is 2.67. The lowest BCUT2D eigenvalue weighted by Crippen LogP contribution is -2.33. The zero-order chi connectivity index (χ0) is 19.1. The number of piperidine rings is 1. The lowest BCUT2D eigenvalue weighted by atomic mass is 10.1. The summed E-state index contributed by atoms with van der Waals surface area (Å²) in [7, 11) is 0. The Bertz CT molecular complexity index is 779. The number of hydrogen-bond acceptors (Lipinski definition) is 5. The molecule has 1 aromatic carbocycles. The molecule has 27 heavy (non-hydrogen) atoms. The van der Waals surface area contributed by atoms with Gasteiger partial charge in [0.15, 0.2) is 0 Å². The number of halogens is 1. The molecule has 1 aromatic heterocycles. The van der Waals surface area contributed by atoms with Crippen molar-refractivity contribution in [2.45, 2.75) is 26.2 Å². The highest BCUT2D eigenvalue weighted by Gasteiger charge is 2.13. The SMILES string of the molecule is Cc1cc(N2CCCCC2)nc(NCCNC(=O)Nc2ccccc2F)n1. The Morgan fingerprint density at radius 2 is 1.93 bits per heavy atom. The highest BCUT2D eigenvalue weighted by Crippen LogP contribution is 2.19. The van der Waals surface area contributed by atoms with E-state index in [4.69, 9.17) is 0 Å². The number of aryl methyl sites for hydroxylation is 1. The molecule has 0 spiro atoms. The van der Waals surface area contributed by atoms with Gasteiger partial charge in [0, 0.05) is 37.9 Å². The number of aromatic nitrogens is 2. The van der Waals surface area contributed by atoms with E-state index in [0.717, 1.165) is 24.6 Å². The van der Waals surface area contributed by atoms with Crippen molar-refractivity contribution in [2.75, 3.05) is 41.7 Å². The van der Waals surface area contributed by atoms with Crippen molar-refractivity contribution in [1.29, 1.82) is 0 Å². The summed E-state index contributed by atoms with van der Waals surface area (Å²) >= 11 is 0. The highest BCUT2D eigenvalue weighted by atomic mass is 19.1. The Balaban J connectivity index is 1.46. The first kappa shape index (κ1) is 18.9. The topological polar surface area (TPSA) is 82.2 Å². The zero-order valence-electron chi connectivity index (χ0n) is 15.5. The zero-order valence-corrected chi connectivity index (χ0v) is 15.5. The van der Waals surface area contributed by atoms with Crippen LogP contribution in [0.1, 0.15) is 25.0 Å². The Hall–Kier alpha value is -2.90. The molecular weight excluding hydrogens is 347 g/mol. The number of urea groups is 1. The number of nitrogens with zero attached hydrogens (tertiary/aromatic N) is 3. The molecule has 1 aliphatic heterocycles. The Labute approximate surface area is 158 Å². The van der Waals surface area contributed by atoms with E-state index in [2.05, 4.69) is 30.8 Å². The summed E-state index contributed by atoms with van der Waals surface area (Å²) in [6.45, 7) is 4.81. The first-order valence-electron chi connectivity index (χ1n) is 9.26. The minimum atomic E-state index is -0.468. The van der Waals surface area contributed by atoms with E-state index in [0.29, 0.717) is 19.0 Å². The third-order valence-electron chi connectivity index (χ3n) is 4.34. The molecule has 0 radical (unpaired) electrons. The number of nitrogens with one attached hydrogen (secondary N) is 3. The van der Waals surface area contributed by atoms with E-state index in [-0.39, 0.29) is 5.69 Å². The van der Waals surface area contributed by atoms with Crippen LogP contribution in [0.2, 0.25) is 0 Å². The molecule has 0 bridgehead atoms. The Morgan fingerprint density at radius 3 is 2.70 bits per heavy atom. The van der Waals surface area contributed by atoms with Crippen LogP contribution >= 0.6 is 0 Å². The molecule has 2 heterocycles. The van der Waals surface area contributed by atoms with Crippen LogP contribution in [0, 0.1) is 12.7 Å². The van der Waals surface area contributed by atoms with Gasteiger partial charge in [0.2, 0.25) is 5.95 Å². The lowest BCUT2D eigenvalue weighted by molar-refractivity contribution is 0.252. The number of carbonyl (C=O) groups is 1. The van der Waals surface area contributed by atoms with E-state index in [1.165, 1.54) is 31.4 Å². The van der Waals surface area contributed by atoms with Crippen molar-refractivity contribution >= 4 is 23.5 Å². The van der Waals surface area contributed by atoms with Crippen LogP contribution in [0.4, 0.5) is 26.6 Å². The van der Waals surface area contributed by atoms with Crippen LogP contribution in [0.3, 0.4) is 0 Å². The molecule has 0 saturated carbocycles. The number of carbonyl (C=O) groups excluding carboxylic acids is 1. The lowest BCUT2D eigenvalue weighted by Gasteiger charge is -2.28. The van der Waals surface area contributed by atoms with Crippen molar-refractivity contribution < 1.29 is 9.18 Å². The third kappa shape index (κ3) is 5.54. The monoisotopic (exact) mass is 372 g/mol. The summed E-state index contributed by atoms with van der Waals surface area (Å²) in [5, 5.41) is 8.29. The van der Waals surface area contributed by atoms with Crippen molar-refractivity contribution in [3.05, 3.63) is 41.8 Å². The minimum absolute atomic E-state index is 0.149. The van der Waals surface area contributed by atoms with Gasteiger partial charge in [-0.1, -0.05) is 12.1 Å². The van der Waals surface area contributed by atoms with E-state index in [1.54, 1.807) is 12.1 Å². The summed E-state index contributed by atoms with van der Waals surface area (Å²) in [4.78, 5) is 23.1. The quantitative estimate of drug-likeness (QED) is 0.679. The van der Waals surface area contributed by atoms with Crippen LogP contribution in [0.25, 0.3) is 0 Å². The summed E-state index contributed by atoms with van der Waals surface area (Å²) < 4.78 is 13.5. The molecule has 7 nitrogen and oxygen atoms in total. The first-order valence-corrected chi connectivity index (χ1v) is 9.26. The molecule has 0 unspecified atom stereocenters. The third-order valence-corrected chi connectivity index (χ3v) is 4.34. The summed E-state index contributed by atoms with van der Waals surface area (Å²) in [5.41, 5.74) is 1.05. The van der Waals surface area contributed by atoms with Crippen molar-refractivity contribution in [3.63, 3.8) is 0 Å². The van der Waals surface area contributed by atoms with Crippen LogP contribution in [-0.4, -0.2) is 42.2 Å². The van der Waals surface area contributed by atoms with Crippen molar-refractivity contribution in [2.24, 2.45) is 0 Å². The molecule has 0 atom stereocenters. The fourth-order valence-corrected chi connectivity index (χ4v) is 3.00. The van der Waals surface area contributed by atoms with Crippen molar-refractivity contribution in [1.82, 2.24) is 15.3 Å². The van der Waals surface area contributed by atoms with E-state index >= 15 is 0 Å². The standard InChI is InChI=1S/C19H25FN6O/c1-14-13-17(26-11-5-2-6-12-26)25-18(23-14)21-9-10-22-19(27)24-16-8-4-3-7-15(16)20/h3-4,7-8,13H,2,5-6,9-12H2,1H3,(H,21,23,25)(H2,22,24,27). The van der Waals surface area contributed by atoms with Crippen molar-refractivity contribution in [3.8, 4) is 0 Å². The maximum Gasteiger partial charge on any atom is 0.319 e. The molecule has 0 aliphatic carbocycles. The first-order chi connectivity index (χ1) is 13.1. The molecule has 3 rings (SSSR count). The molecular formula is C19H25FN6O. The number of hydrogen-bond donors (Lipinski definition) is 3. The summed E-state index contributed by atoms with van der Waals surface area (Å²) in [6, 6.07) is 7.58. The predicted molar refractivity (Wildman–Crippen MR) is 105 cm³/mol. The molecule has 3 N–H and O–H groups in total. The van der Waals surface area contributed by atoms with Gasteiger partial charge >= 0.3 is 6.03 Å². The molecule has 1 fully saturated rings. The number of rotatable bonds is 6. The van der Waals surface area contributed by atoms with E-state index in [9.17, 15) is 9.18 Å². The van der Waals surface area contributed by atoms with Crippen LogP contribution in [0.15, 0.2) is 30.3 Å². The molecule has 8 heteroatoms. The predicted octanol–water partition coefficient (Wildman–Crippen LogP) is 3.15. The van der Waals surface area contributed by atoms with Gasteiger partial charge in [-0.05, 0) is 38.3 Å². The molecule has 144 valence electrons. The van der Waals surface area contributed by atoms with Gasteiger partial charge in [-0.2, -0.15) is 4.98 Å². The molecule has 2 amide bonds. The summed E-state index contributed by atoms with van der Waals surface area (Å²) in [5.74, 6) is 1.02. The van der Waals surface area contributed by atoms with Crippen LogP contribution in [-0.2, 0) is 0 Å². The van der Waals surface area contributed by atoms with Gasteiger partial charge < -0.3 is 20.9 Å². The highest BCUT2D eigenvalue weighted by molar-refractivity contribution is 5.89.